The number of amides is 4. The number of aromatic carboxylic acids is 1. The van der Waals surface area contributed by atoms with Gasteiger partial charge in [0.15, 0.2) is 44.5 Å². The molecule has 3 aromatic rings. The maximum absolute atomic E-state index is 15.3. The molecule has 0 radical (unpaired) electrons. The molecule has 2 saturated heterocycles. The van der Waals surface area contributed by atoms with Gasteiger partial charge in [-0.25, -0.2) is 36.5 Å². The Hall–Kier alpha value is -4.26. The number of phenols is 2. The van der Waals surface area contributed by atoms with Crippen LogP contribution in [0, 0.1) is 46.8 Å². The van der Waals surface area contributed by atoms with Crippen LogP contribution in [0.2, 0.25) is 0 Å². The first-order chi connectivity index (χ1) is 25.3. The number of carbonyl (C=O) groups is 5. The Balaban J connectivity index is 1.45. The number of anilines is 2. The van der Waals surface area contributed by atoms with Crippen molar-refractivity contribution in [1.29, 1.82) is 0 Å². The zero-order valence-electron chi connectivity index (χ0n) is 26.7. The number of hydrogen-bond acceptors (Lipinski definition) is 8. The number of benzene rings is 3. The summed E-state index contributed by atoms with van der Waals surface area (Å²) in [6.07, 6.45) is 0.463. The van der Waals surface area contributed by atoms with Gasteiger partial charge in [-0.3, -0.25) is 19.2 Å². The third kappa shape index (κ3) is 4.78. The molecule has 0 bridgehead atoms. The minimum absolute atomic E-state index is 0.0205. The van der Waals surface area contributed by atoms with Crippen LogP contribution in [-0.4, -0.2) is 61.8 Å². The van der Waals surface area contributed by atoms with Crippen molar-refractivity contribution in [2.45, 2.75) is 28.5 Å². The highest BCUT2D eigenvalue weighted by Crippen LogP contribution is 2.67. The molecule has 1 saturated carbocycles. The number of rotatable bonds is 5. The SMILES string of the molecule is COc1cc([C@H]2C3=CC[C@@H]4C(=O)N(c5ccc(C(=O)O)c(O)c5)C(=O)[C@@H]4[C@@H]3C[C@@]3(Cl)C(=O)N(c4c(F)c(F)c(F)c(F)c4F)C(=O)[C@@]23Cl)c(Br)c(Br)c1O. The van der Waals surface area contributed by atoms with Gasteiger partial charge in [0.25, 0.3) is 11.8 Å². The molecule has 4 aliphatic rings. The van der Waals surface area contributed by atoms with Gasteiger partial charge >= 0.3 is 5.97 Å². The third-order valence-corrected chi connectivity index (χ3v) is 14.0. The van der Waals surface area contributed by atoms with Crippen LogP contribution in [0.3, 0.4) is 0 Å². The van der Waals surface area contributed by atoms with E-state index >= 15 is 8.78 Å². The second-order valence-corrected chi connectivity index (χ2v) is 15.7. The van der Waals surface area contributed by atoms with E-state index in [9.17, 15) is 52.5 Å². The Kier molecular flexibility index (Phi) is 8.90. The zero-order valence-corrected chi connectivity index (χ0v) is 31.4. The van der Waals surface area contributed by atoms with Gasteiger partial charge in [-0.2, -0.15) is 0 Å². The molecule has 3 aromatic carbocycles. The summed E-state index contributed by atoms with van der Waals surface area (Å²) in [5.41, 5.74) is -2.64. The number of ether oxygens (including phenoxy) is 1. The lowest BCUT2D eigenvalue weighted by atomic mass is 9.56. The molecule has 0 aromatic heterocycles. The van der Waals surface area contributed by atoms with Crippen LogP contribution in [0.15, 0.2) is 44.9 Å². The van der Waals surface area contributed by atoms with Gasteiger partial charge in [0, 0.05) is 16.5 Å². The second-order valence-electron chi connectivity index (χ2n) is 12.9. The number of phenolic OH excluding ortho intramolecular Hbond substituents is 1. The van der Waals surface area contributed by atoms with Crippen molar-refractivity contribution in [2.75, 3.05) is 16.9 Å². The number of nitrogens with zero attached hydrogens (tertiary/aromatic N) is 2. The first-order valence-corrected chi connectivity index (χ1v) is 17.8. The predicted octanol–water partition coefficient (Wildman–Crippen LogP) is 6.79. The van der Waals surface area contributed by atoms with Crippen LogP contribution in [0.5, 0.6) is 17.2 Å². The Bertz CT molecular complexity index is 2320. The molecule has 4 amide bonds. The molecule has 20 heteroatoms. The van der Waals surface area contributed by atoms with Crippen molar-refractivity contribution in [2.24, 2.45) is 17.8 Å². The second kappa shape index (κ2) is 12.6. The fourth-order valence-corrected chi connectivity index (χ4v) is 9.87. The highest BCUT2D eigenvalue weighted by atomic mass is 79.9. The number of aromatic hydroxyl groups is 2. The van der Waals surface area contributed by atoms with Gasteiger partial charge < -0.3 is 20.1 Å². The van der Waals surface area contributed by atoms with Gasteiger partial charge in [0.05, 0.1) is 29.1 Å². The normalized spacial score (nSPS) is 27.6. The molecule has 282 valence electrons. The van der Waals surface area contributed by atoms with Gasteiger partial charge in [-0.15, -0.1) is 23.2 Å². The van der Waals surface area contributed by atoms with E-state index in [2.05, 4.69) is 31.9 Å². The van der Waals surface area contributed by atoms with Crippen LogP contribution in [-0.2, 0) is 19.2 Å². The van der Waals surface area contributed by atoms with Crippen LogP contribution in [0.1, 0.15) is 34.7 Å². The van der Waals surface area contributed by atoms with E-state index in [1.165, 1.54) is 19.3 Å². The molecule has 2 aliphatic heterocycles. The summed E-state index contributed by atoms with van der Waals surface area (Å²) in [6.45, 7) is 0. The number of allylic oxidation sites excluding steroid dienone is 2. The third-order valence-electron chi connectivity index (χ3n) is 10.4. The first-order valence-electron chi connectivity index (χ1n) is 15.4. The van der Waals surface area contributed by atoms with E-state index < -0.39 is 121 Å². The number of alkyl halides is 2. The lowest BCUT2D eigenvalue weighted by Gasteiger charge is -2.51. The molecule has 3 N–H and O–H groups in total. The number of carbonyl (C=O) groups excluding carboxylic acids is 4. The van der Waals surface area contributed by atoms with Crippen molar-refractivity contribution in [3.63, 3.8) is 0 Å². The summed E-state index contributed by atoms with van der Waals surface area (Å²) in [4.78, 5) is 63.3. The molecule has 2 heterocycles. The minimum atomic E-state index is -2.85. The summed E-state index contributed by atoms with van der Waals surface area (Å²) >= 11 is 20.8. The standard InChI is InChI=1S/C34H19Br2Cl2F5N2O9/c1-54-16-7-13(19(35)20(36)27(16)47)18-10-4-5-12-17(29(49)44(28(12)48)9-2-3-11(30(50)51)15(46)6-9)14(10)8-33(37)31(52)45(32(53)34(18,33)38)26-24(42)22(40)21(39)23(41)25(26)43/h2-4,6-7,12,14,17-18,46-47H,5,8H2,1H3,(H,50,51)/t12-,14+,17-,18+,33+,34-/m0/s1. The molecule has 0 unspecified atom stereocenters. The van der Waals surface area contributed by atoms with E-state index in [-0.39, 0.29) is 42.8 Å². The first kappa shape index (κ1) is 38.0. The molecular weight excluding hydrogens is 906 g/mol. The van der Waals surface area contributed by atoms with E-state index in [1.54, 1.807) is 0 Å². The van der Waals surface area contributed by atoms with Crippen LogP contribution in [0.4, 0.5) is 33.3 Å². The van der Waals surface area contributed by atoms with Crippen LogP contribution >= 0.6 is 55.1 Å². The Morgan fingerprint density at radius 2 is 1.48 bits per heavy atom. The molecule has 6 atom stereocenters. The Labute approximate surface area is 326 Å². The number of imide groups is 2. The van der Waals surface area contributed by atoms with E-state index in [1.807, 2.05) is 0 Å². The van der Waals surface area contributed by atoms with Gasteiger partial charge in [0.1, 0.15) is 17.0 Å². The summed E-state index contributed by atoms with van der Waals surface area (Å²) in [7, 11) is 1.17. The lowest BCUT2D eigenvalue weighted by molar-refractivity contribution is -0.125. The molecule has 3 fully saturated rings. The molecule has 2 aliphatic carbocycles. The number of hydrogen-bond donors (Lipinski definition) is 3. The quantitative estimate of drug-likeness (QED) is 0.0625. The Morgan fingerprint density at radius 3 is 2.06 bits per heavy atom. The van der Waals surface area contributed by atoms with Gasteiger partial charge in [0.2, 0.25) is 17.6 Å². The van der Waals surface area contributed by atoms with E-state index in [0.717, 1.165) is 18.2 Å². The number of fused-ring (bicyclic) bond motifs is 4. The largest absolute Gasteiger partial charge is 0.507 e. The smallest absolute Gasteiger partial charge is 0.339 e. The molecule has 54 heavy (non-hydrogen) atoms. The monoisotopic (exact) mass is 922 g/mol. The average Bonchev–Trinajstić information content (AvgIpc) is 3.47. The average molecular weight is 925 g/mol. The summed E-state index contributed by atoms with van der Waals surface area (Å²) < 4.78 is 78.9. The van der Waals surface area contributed by atoms with E-state index in [0.29, 0.717) is 4.90 Å². The number of carboxylic acid groups (broad SMARTS) is 1. The number of methoxy groups -OCH3 is 1. The van der Waals surface area contributed by atoms with Crippen molar-refractivity contribution in [1.82, 2.24) is 0 Å². The van der Waals surface area contributed by atoms with Crippen molar-refractivity contribution >= 4 is 96.0 Å². The molecule has 11 nitrogen and oxygen atoms in total. The summed E-state index contributed by atoms with van der Waals surface area (Å²) in [5, 5.41) is 30.4. The predicted molar refractivity (Wildman–Crippen MR) is 184 cm³/mol. The van der Waals surface area contributed by atoms with Crippen LogP contribution in [0.25, 0.3) is 0 Å². The molecular formula is C34H19Br2Cl2F5N2O9. The fraction of sp³-hybridized carbons (Fsp3) is 0.265. The van der Waals surface area contributed by atoms with Crippen LogP contribution < -0.4 is 14.5 Å². The minimum Gasteiger partial charge on any atom is -0.507 e. The highest BCUT2D eigenvalue weighted by molar-refractivity contribution is 9.13. The maximum Gasteiger partial charge on any atom is 0.339 e. The lowest BCUT2D eigenvalue weighted by Crippen LogP contribution is -2.60. The van der Waals surface area contributed by atoms with Crippen molar-refractivity contribution < 1.29 is 66.0 Å². The zero-order chi connectivity index (χ0) is 39.7. The number of carboxylic acids is 1. The topological polar surface area (TPSA) is 162 Å². The fourth-order valence-electron chi connectivity index (χ4n) is 7.98. The highest BCUT2D eigenvalue weighted by Gasteiger charge is 2.77. The Morgan fingerprint density at radius 1 is 0.870 bits per heavy atom. The van der Waals surface area contributed by atoms with Gasteiger partial charge in [-0.1, -0.05) is 11.6 Å². The molecule has 7 rings (SSSR count). The molecule has 0 spiro atoms. The summed E-state index contributed by atoms with van der Waals surface area (Å²) in [5.74, 6) is -26.2. The van der Waals surface area contributed by atoms with E-state index in [4.69, 9.17) is 27.9 Å². The van der Waals surface area contributed by atoms with Gasteiger partial charge in [-0.05, 0) is 74.4 Å². The van der Waals surface area contributed by atoms with Crippen molar-refractivity contribution in [3.05, 3.63) is 85.1 Å². The van der Waals surface area contributed by atoms with Crippen molar-refractivity contribution in [3.8, 4) is 17.2 Å². The number of halogens is 9. The summed E-state index contributed by atoms with van der Waals surface area (Å²) in [6, 6.07) is 4.15. The maximum atomic E-state index is 15.3.